The van der Waals surface area contributed by atoms with Crippen molar-refractivity contribution in [3.8, 4) is 0 Å². The standard InChI is InChI=1S/C37H60O7S/c1-12-29-22(6)21(5)25(9)35(40-29)43-32-23(7)26(10)36(41-30(32)13-2)44-33-24(8)27(11)37(45-20(3)4)42-31(33)19-39-34(38)28-17-15-14-16-18-28/h14-18,20-27,29-33,35-37H,12-13,19H2,1-11H3/t21-,22+,23+,24+,25?,26?,27?,29?,30?,31?,32+,33+,35-,36-,37-/m0/s1. The zero-order valence-corrected chi connectivity index (χ0v) is 30.3. The minimum atomic E-state index is -0.429. The van der Waals surface area contributed by atoms with Gasteiger partial charge in [0.2, 0.25) is 0 Å². The molecule has 3 aliphatic rings. The quantitative estimate of drug-likeness (QED) is 0.223. The maximum absolute atomic E-state index is 12.9. The highest BCUT2D eigenvalue weighted by Gasteiger charge is 2.50. The zero-order chi connectivity index (χ0) is 33.0. The number of hydrogen-bond donors (Lipinski definition) is 0. The van der Waals surface area contributed by atoms with Gasteiger partial charge in [-0.25, -0.2) is 4.79 Å². The molecule has 0 spiro atoms. The van der Waals surface area contributed by atoms with Crippen LogP contribution in [-0.4, -0.2) is 66.4 Å². The maximum Gasteiger partial charge on any atom is 0.338 e. The highest BCUT2D eigenvalue weighted by Crippen LogP contribution is 2.44. The van der Waals surface area contributed by atoms with Gasteiger partial charge in [0.1, 0.15) is 18.1 Å². The van der Waals surface area contributed by atoms with E-state index >= 15 is 0 Å². The summed E-state index contributed by atoms with van der Waals surface area (Å²) in [5.74, 6) is 1.65. The maximum atomic E-state index is 12.9. The first-order valence-electron chi connectivity index (χ1n) is 17.5. The second kappa shape index (κ2) is 16.3. The first-order valence-corrected chi connectivity index (χ1v) is 18.5. The van der Waals surface area contributed by atoms with E-state index in [9.17, 15) is 4.79 Å². The Morgan fingerprint density at radius 3 is 1.80 bits per heavy atom. The molecule has 6 unspecified atom stereocenters. The van der Waals surface area contributed by atoms with Crippen molar-refractivity contribution in [2.45, 2.75) is 143 Å². The van der Waals surface area contributed by atoms with E-state index in [0.29, 0.717) is 28.6 Å². The molecule has 45 heavy (non-hydrogen) atoms. The van der Waals surface area contributed by atoms with Gasteiger partial charge in [-0.2, -0.15) is 0 Å². The molecule has 256 valence electrons. The highest BCUT2D eigenvalue weighted by atomic mass is 32.2. The fourth-order valence-electron chi connectivity index (χ4n) is 7.22. The molecule has 1 aromatic carbocycles. The van der Waals surface area contributed by atoms with Crippen LogP contribution in [-0.2, 0) is 28.4 Å². The fraction of sp³-hybridized carbons (Fsp3) is 0.811. The normalized spacial score (nSPS) is 42.4. The SMILES string of the molecule is CCC1O[C@@H](O[C@H]2C(CC)O[C@@H](O[C@H]3C(COC(=O)c4ccccc4)O[C@@H](SC(C)C)C(C)[C@H]3C)C(C)[C@H]2C)C(C)[C@@H](C)[C@H]1C. The van der Waals surface area contributed by atoms with Crippen LogP contribution < -0.4 is 0 Å². The summed E-state index contributed by atoms with van der Waals surface area (Å²) in [5, 5.41) is 0.411. The van der Waals surface area contributed by atoms with Gasteiger partial charge in [0, 0.05) is 17.1 Å². The summed E-state index contributed by atoms with van der Waals surface area (Å²) < 4.78 is 39.6. The molecular formula is C37H60O7S. The third-order valence-corrected chi connectivity index (χ3v) is 12.4. The second-order valence-corrected chi connectivity index (χ2v) is 16.0. The monoisotopic (exact) mass is 648 g/mol. The van der Waals surface area contributed by atoms with E-state index in [2.05, 4.69) is 76.2 Å². The molecule has 0 aromatic heterocycles. The molecule has 8 heteroatoms. The number of ether oxygens (including phenoxy) is 6. The number of esters is 1. The first-order chi connectivity index (χ1) is 21.4. The van der Waals surface area contributed by atoms with E-state index in [1.54, 1.807) is 12.1 Å². The fourth-order valence-corrected chi connectivity index (χ4v) is 8.46. The van der Waals surface area contributed by atoms with Crippen molar-refractivity contribution in [2.75, 3.05) is 6.61 Å². The summed E-state index contributed by atoms with van der Waals surface area (Å²) in [7, 11) is 0. The molecule has 3 saturated heterocycles. The summed E-state index contributed by atoms with van der Waals surface area (Å²) in [6.07, 6.45) is 0.398. The van der Waals surface area contributed by atoms with Crippen molar-refractivity contribution in [2.24, 2.45) is 41.4 Å². The van der Waals surface area contributed by atoms with E-state index in [1.807, 2.05) is 30.0 Å². The molecular weight excluding hydrogens is 588 g/mol. The van der Waals surface area contributed by atoms with Crippen LogP contribution in [0.1, 0.15) is 99.4 Å². The molecule has 1 aromatic rings. The van der Waals surface area contributed by atoms with Crippen molar-refractivity contribution in [3.05, 3.63) is 35.9 Å². The number of carbonyl (C=O) groups is 1. The summed E-state index contributed by atoms with van der Waals surface area (Å²) in [5.41, 5.74) is 0.514. The lowest BCUT2D eigenvalue weighted by Crippen LogP contribution is -2.58. The topological polar surface area (TPSA) is 72.5 Å². The molecule has 7 nitrogen and oxygen atoms in total. The van der Waals surface area contributed by atoms with E-state index in [1.165, 1.54) is 0 Å². The second-order valence-electron chi connectivity index (χ2n) is 14.3. The summed E-state index contributed by atoms with van der Waals surface area (Å²) in [6, 6.07) is 9.11. The lowest BCUT2D eigenvalue weighted by molar-refractivity contribution is -0.339. The van der Waals surface area contributed by atoms with Gasteiger partial charge in [-0.3, -0.25) is 0 Å². The van der Waals surface area contributed by atoms with Crippen LogP contribution in [0.3, 0.4) is 0 Å². The Balaban J connectivity index is 1.49. The van der Waals surface area contributed by atoms with Gasteiger partial charge >= 0.3 is 5.97 Å². The lowest BCUT2D eigenvalue weighted by atomic mass is 9.78. The van der Waals surface area contributed by atoms with Crippen LogP contribution in [0, 0.1) is 41.4 Å². The van der Waals surface area contributed by atoms with E-state index in [-0.39, 0.29) is 72.4 Å². The highest BCUT2D eigenvalue weighted by molar-refractivity contribution is 8.00. The van der Waals surface area contributed by atoms with Crippen LogP contribution >= 0.6 is 11.8 Å². The van der Waals surface area contributed by atoms with Gasteiger partial charge in [-0.05, 0) is 54.6 Å². The largest absolute Gasteiger partial charge is 0.459 e. The number of carbonyl (C=O) groups excluding carboxylic acids is 1. The Morgan fingerprint density at radius 1 is 0.689 bits per heavy atom. The Labute approximate surface area is 277 Å². The van der Waals surface area contributed by atoms with Crippen molar-refractivity contribution in [3.63, 3.8) is 0 Å². The number of hydrogen-bond acceptors (Lipinski definition) is 8. The van der Waals surface area contributed by atoms with Crippen LogP contribution in [0.4, 0.5) is 0 Å². The molecule has 0 radical (unpaired) electrons. The van der Waals surface area contributed by atoms with Gasteiger partial charge < -0.3 is 28.4 Å². The molecule has 0 amide bonds. The molecule has 0 aliphatic carbocycles. The van der Waals surface area contributed by atoms with E-state index in [4.69, 9.17) is 28.4 Å². The van der Waals surface area contributed by atoms with E-state index in [0.717, 1.165) is 12.8 Å². The van der Waals surface area contributed by atoms with Gasteiger partial charge in [0.15, 0.2) is 12.6 Å². The van der Waals surface area contributed by atoms with Crippen molar-refractivity contribution >= 4 is 17.7 Å². The zero-order valence-electron chi connectivity index (χ0n) is 29.5. The van der Waals surface area contributed by atoms with Crippen LogP contribution in [0.2, 0.25) is 0 Å². The van der Waals surface area contributed by atoms with Crippen LogP contribution in [0.15, 0.2) is 30.3 Å². The molecule has 3 heterocycles. The van der Waals surface area contributed by atoms with Gasteiger partial charge in [0.05, 0.1) is 30.0 Å². The first kappa shape index (κ1) is 36.7. The average molecular weight is 649 g/mol. The minimum absolute atomic E-state index is 0.0143. The molecule has 0 bridgehead atoms. The molecule has 0 N–H and O–H groups in total. The average Bonchev–Trinajstić information content (AvgIpc) is 3.03. The Morgan fingerprint density at radius 2 is 1.22 bits per heavy atom. The lowest BCUT2D eigenvalue weighted by Gasteiger charge is -2.51. The number of thioether (sulfide) groups is 1. The molecule has 0 saturated carbocycles. The Kier molecular flexibility index (Phi) is 13.3. The van der Waals surface area contributed by atoms with Gasteiger partial charge in [-0.1, -0.05) is 94.4 Å². The number of rotatable bonds is 11. The molecule has 3 fully saturated rings. The minimum Gasteiger partial charge on any atom is -0.459 e. The molecule has 3 aliphatic heterocycles. The van der Waals surface area contributed by atoms with Crippen molar-refractivity contribution in [1.29, 1.82) is 0 Å². The summed E-state index contributed by atoms with van der Waals surface area (Å²) >= 11 is 1.82. The number of benzene rings is 1. The van der Waals surface area contributed by atoms with Crippen molar-refractivity contribution in [1.82, 2.24) is 0 Å². The summed E-state index contributed by atoms with van der Waals surface area (Å²) in [6.45, 7) is 24.6. The predicted octanol–water partition coefficient (Wildman–Crippen LogP) is 8.20. The Bertz CT molecular complexity index is 1050. The third kappa shape index (κ3) is 8.47. The van der Waals surface area contributed by atoms with Crippen molar-refractivity contribution < 1.29 is 33.2 Å². The smallest absolute Gasteiger partial charge is 0.338 e. The van der Waals surface area contributed by atoms with Gasteiger partial charge in [-0.15, -0.1) is 11.8 Å². The molecule has 4 rings (SSSR count). The predicted molar refractivity (Wildman–Crippen MR) is 180 cm³/mol. The molecule has 15 atom stereocenters. The van der Waals surface area contributed by atoms with Crippen LogP contribution in [0.5, 0.6) is 0 Å². The third-order valence-electron chi connectivity index (χ3n) is 11.1. The Hall–Kier alpha value is -1.16. The summed E-state index contributed by atoms with van der Waals surface area (Å²) in [4.78, 5) is 12.9. The van der Waals surface area contributed by atoms with Gasteiger partial charge in [0.25, 0.3) is 0 Å². The van der Waals surface area contributed by atoms with Crippen LogP contribution in [0.25, 0.3) is 0 Å². The van der Waals surface area contributed by atoms with E-state index < -0.39 is 12.4 Å².